The summed E-state index contributed by atoms with van der Waals surface area (Å²) in [5.74, 6) is 0.600. The van der Waals surface area contributed by atoms with E-state index in [0.717, 1.165) is 49.1 Å². The molecular formula is C14H19N3OS. The number of rotatable bonds is 3. The molecule has 3 rings (SSSR count). The van der Waals surface area contributed by atoms with Gasteiger partial charge in [-0.05, 0) is 44.3 Å². The summed E-state index contributed by atoms with van der Waals surface area (Å²) < 4.78 is 1.80. The van der Waals surface area contributed by atoms with E-state index in [-0.39, 0.29) is 5.56 Å². The van der Waals surface area contributed by atoms with Crippen LogP contribution in [0, 0.1) is 5.92 Å². The zero-order valence-electron chi connectivity index (χ0n) is 11.2. The molecule has 0 amide bonds. The summed E-state index contributed by atoms with van der Waals surface area (Å²) in [6.07, 6.45) is 4.99. The Kier molecular flexibility index (Phi) is 3.66. The molecule has 1 fully saturated rings. The Hall–Kier alpha value is -1.20. The van der Waals surface area contributed by atoms with Gasteiger partial charge < -0.3 is 5.32 Å². The summed E-state index contributed by atoms with van der Waals surface area (Å²) in [5.41, 5.74) is 0.125. The Balaban J connectivity index is 1.91. The van der Waals surface area contributed by atoms with Crippen molar-refractivity contribution in [1.29, 1.82) is 0 Å². The minimum atomic E-state index is 0.125. The molecular weight excluding hydrogens is 258 g/mol. The fraction of sp³-hybridized carbons (Fsp3) is 0.571. The van der Waals surface area contributed by atoms with Crippen molar-refractivity contribution < 1.29 is 0 Å². The van der Waals surface area contributed by atoms with Crippen LogP contribution in [0.25, 0.3) is 10.2 Å². The van der Waals surface area contributed by atoms with Crippen molar-refractivity contribution in [3.8, 4) is 0 Å². The van der Waals surface area contributed by atoms with Crippen molar-refractivity contribution >= 4 is 21.6 Å². The van der Waals surface area contributed by atoms with Crippen LogP contribution in [-0.2, 0) is 13.0 Å². The molecule has 1 N–H and O–H groups in total. The van der Waals surface area contributed by atoms with Gasteiger partial charge in [0.05, 0.1) is 11.7 Å². The monoisotopic (exact) mass is 277 g/mol. The van der Waals surface area contributed by atoms with E-state index >= 15 is 0 Å². The number of fused-ring (bicyclic) bond motifs is 1. The summed E-state index contributed by atoms with van der Waals surface area (Å²) in [6.45, 7) is 5.04. The van der Waals surface area contributed by atoms with E-state index in [9.17, 15) is 4.79 Å². The molecule has 19 heavy (non-hydrogen) atoms. The molecule has 0 aliphatic carbocycles. The molecule has 0 unspecified atom stereocenters. The lowest BCUT2D eigenvalue weighted by molar-refractivity contribution is 0.329. The number of piperidine rings is 1. The Morgan fingerprint density at radius 1 is 1.47 bits per heavy atom. The molecule has 0 spiro atoms. The molecule has 1 aliphatic heterocycles. The molecule has 0 atom stereocenters. The standard InChI is InChI=1S/C14H19N3OS/c1-2-11-7-12-13(19-11)16-9-17(14(12)18)8-10-3-5-15-6-4-10/h7,9-10,15H,2-6,8H2,1H3. The maximum atomic E-state index is 12.4. The van der Waals surface area contributed by atoms with Gasteiger partial charge in [-0.2, -0.15) is 0 Å². The van der Waals surface area contributed by atoms with E-state index in [4.69, 9.17) is 0 Å². The number of hydrogen-bond donors (Lipinski definition) is 1. The van der Waals surface area contributed by atoms with Gasteiger partial charge in [0, 0.05) is 11.4 Å². The zero-order valence-corrected chi connectivity index (χ0v) is 12.0. The molecule has 102 valence electrons. The number of thiophene rings is 1. The third-order valence-electron chi connectivity index (χ3n) is 3.83. The van der Waals surface area contributed by atoms with E-state index in [1.807, 2.05) is 6.07 Å². The Bertz CT molecular complexity index is 625. The quantitative estimate of drug-likeness (QED) is 0.933. The van der Waals surface area contributed by atoms with Crippen LogP contribution in [0.5, 0.6) is 0 Å². The van der Waals surface area contributed by atoms with Crippen LogP contribution in [0.4, 0.5) is 0 Å². The molecule has 1 saturated heterocycles. The van der Waals surface area contributed by atoms with Crippen LogP contribution < -0.4 is 10.9 Å². The van der Waals surface area contributed by atoms with Gasteiger partial charge >= 0.3 is 0 Å². The number of nitrogens with one attached hydrogen (secondary N) is 1. The first-order valence-electron chi connectivity index (χ1n) is 6.96. The van der Waals surface area contributed by atoms with E-state index in [1.54, 1.807) is 22.2 Å². The number of aromatic nitrogens is 2. The summed E-state index contributed by atoms with van der Waals surface area (Å²) >= 11 is 1.63. The molecule has 0 saturated carbocycles. The van der Waals surface area contributed by atoms with E-state index in [1.165, 1.54) is 4.88 Å². The van der Waals surface area contributed by atoms with Gasteiger partial charge in [0.15, 0.2) is 0 Å². The van der Waals surface area contributed by atoms with Crippen molar-refractivity contribution in [3.63, 3.8) is 0 Å². The average Bonchev–Trinajstić information content (AvgIpc) is 2.87. The first-order chi connectivity index (χ1) is 9.28. The van der Waals surface area contributed by atoms with Crippen molar-refractivity contribution in [3.05, 3.63) is 27.6 Å². The van der Waals surface area contributed by atoms with Gasteiger partial charge in [-0.1, -0.05) is 6.92 Å². The normalized spacial score (nSPS) is 17.1. The van der Waals surface area contributed by atoms with Crippen LogP contribution in [0.1, 0.15) is 24.6 Å². The Morgan fingerprint density at radius 2 is 2.26 bits per heavy atom. The Labute approximate surface area is 116 Å². The van der Waals surface area contributed by atoms with Crippen molar-refractivity contribution in [1.82, 2.24) is 14.9 Å². The first kappa shape index (κ1) is 12.8. The largest absolute Gasteiger partial charge is 0.317 e. The first-order valence-corrected chi connectivity index (χ1v) is 7.78. The highest BCUT2D eigenvalue weighted by molar-refractivity contribution is 7.18. The molecule has 3 heterocycles. The smallest absolute Gasteiger partial charge is 0.262 e. The SMILES string of the molecule is CCc1cc2c(=O)n(CC3CCNCC3)cnc2s1. The predicted molar refractivity (Wildman–Crippen MR) is 78.9 cm³/mol. The molecule has 0 bridgehead atoms. The highest BCUT2D eigenvalue weighted by Gasteiger charge is 2.15. The van der Waals surface area contributed by atoms with Gasteiger partial charge in [0.2, 0.25) is 0 Å². The summed E-state index contributed by atoms with van der Waals surface area (Å²) in [5, 5.41) is 4.14. The predicted octanol–water partition coefficient (Wildman–Crippen LogP) is 2.02. The van der Waals surface area contributed by atoms with Crippen LogP contribution in [-0.4, -0.2) is 22.6 Å². The minimum absolute atomic E-state index is 0.125. The van der Waals surface area contributed by atoms with Crippen LogP contribution >= 0.6 is 11.3 Å². The lowest BCUT2D eigenvalue weighted by atomic mass is 9.98. The fourth-order valence-electron chi connectivity index (χ4n) is 2.66. The maximum absolute atomic E-state index is 12.4. The lowest BCUT2D eigenvalue weighted by Gasteiger charge is -2.22. The van der Waals surface area contributed by atoms with Crippen LogP contribution in [0.3, 0.4) is 0 Å². The summed E-state index contributed by atoms with van der Waals surface area (Å²) in [4.78, 5) is 19.0. The highest BCUT2D eigenvalue weighted by atomic mass is 32.1. The lowest BCUT2D eigenvalue weighted by Crippen LogP contribution is -2.32. The van der Waals surface area contributed by atoms with Crippen LogP contribution in [0.2, 0.25) is 0 Å². The van der Waals surface area contributed by atoms with Gasteiger partial charge in [-0.3, -0.25) is 9.36 Å². The number of aryl methyl sites for hydroxylation is 1. The molecule has 4 nitrogen and oxygen atoms in total. The third kappa shape index (κ3) is 2.58. The minimum Gasteiger partial charge on any atom is -0.317 e. The summed E-state index contributed by atoms with van der Waals surface area (Å²) in [7, 11) is 0. The molecule has 1 aliphatic rings. The van der Waals surface area contributed by atoms with Gasteiger partial charge in [0.1, 0.15) is 4.83 Å². The molecule has 5 heteroatoms. The molecule has 2 aromatic rings. The second-order valence-electron chi connectivity index (χ2n) is 5.18. The maximum Gasteiger partial charge on any atom is 0.262 e. The van der Waals surface area contributed by atoms with E-state index < -0.39 is 0 Å². The topological polar surface area (TPSA) is 46.9 Å². The van der Waals surface area contributed by atoms with Crippen LogP contribution in [0.15, 0.2) is 17.2 Å². The van der Waals surface area contributed by atoms with Crippen molar-refractivity contribution in [2.45, 2.75) is 32.7 Å². The van der Waals surface area contributed by atoms with E-state index in [0.29, 0.717) is 5.92 Å². The Morgan fingerprint density at radius 3 is 3.00 bits per heavy atom. The third-order valence-corrected chi connectivity index (χ3v) is 5.02. The highest BCUT2D eigenvalue weighted by Crippen LogP contribution is 2.21. The van der Waals surface area contributed by atoms with Crippen molar-refractivity contribution in [2.75, 3.05) is 13.1 Å². The molecule has 0 radical (unpaired) electrons. The average molecular weight is 277 g/mol. The second kappa shape index (κ2) is 5.43. The van der Waals surface area contributed by atoms with E-state index in [2.05, 4.69) is 17.2 Å². The fourth-order valence-corrected chi connectivity index (χ4v) is 3.58. The number of nitrogens with zero attached hydrogens (tertiary/aromatic N) is 2. The second-order valence-corrected chi connectivity index (χ2v) is 6.30. The van der Waals surface area contributed by atoms with Crippen molar-refractivity contribution in [2.24, 2.45) is 5.92 Å². The number of hydrogen-bond acceptors (Lipinski definition) is 4. The summed E-state index contributed by atoms with van der Waals surface area (Å²) in [6, 6.07) is 2.01. The zero-order chi connectivity index (χ0) is 13.2. The van der Waals surface area contributed by atoms with Gasteiger partial charge in [0.25, 0.3) is 5.56 Å². The molecule has 2 aromatic heterocycles. The van der Waals surface area contributed by atoms with Gasteiger partial charge in [-0.25, -0.2) is 4.98 Å². The van der Waals surface area contributed by atoms with Gasteiger partial charge in [-0.15, -0.1) is 11.3 Å². The molecule has 0 aromatic carbocycles.